The van der Waals surface area contributed by atoms with Gasteiger partial charge in [0.2, 0.25) is 5.91 Å². The minimum absolute atomic E-state index is 0.116. The standard InChI is InChI=1S/C29H30N6O5/c1-29(2,3)24-17-25(35(34-24)21-10-6-19(7-11-21)31-26(36)14-15-27(37)38)33-28(39)32-20-8-12-22(13-9-20)40-23-5-4-16-30-18-23/h4-13,16-18H,14-15H2,1-3H3,(H,31,36)(H,37,38)(H2,32,33,39). The van der Waals surface area contributed by atoms with E-state index in [0.29, 0.717) is 34.4 Å². The average Bonchev–Trinajstić information content (AvgIpc) is 3.34. The Morgan fingerprint density at radius 1 is 0.875 bits per heavy atom. The number of anilines is 3. The van der Waals surface area contributed by atoms with E-state index < -0.39 is 12.0 Å². The summed E-state index contributed by atoms with van der Waals surface area (Å²) in [5, 5.41) is 21.8. The summed E-state index contributed by atoms with van der Waals surface area (Å²) in [6.07, 6.45) is 2.92. The van der Waals surface area contributed by atoms with Crippen LogP contribution in [0.2, 0.25) is 0 Å². The van der Waals surface area contributed by atoms with Crippen LogP contribution in [0.25, 0.3) is 5.69 Å². The number of carbonyl (C=O) groups is 3. The summed E-state index contributed by atoms with van der Waals surface area (Å²) in [7, 11) is 0. The van der Waals surface area contributed by atoms with Crippen LogP contribution in [0, 0.1) is 0 Å². The highest BCUT2D eigenvalue weighted by molar-refractivity contribution is 5.99. The van der Waals surface area contributed by atoms with Crippen LogP contribution in [-0.4, -0.2) is 37.8 Å². The Morgan fingerprint density at radius 2 is 1.55 bits per heavy atom. The van der Waals surface area contributed by atoms with Crippen LogP contribution in [0.3, 0.4) is 0 Å². The van der Waals surface area contributed by atoms with Gasteiger partial charge in [-0.15, -0.1) is 0 Å². The van der Waals surface area contributed by atoms with Crippen molar-refractivity contribution < 1.29 is 24.2 Å². The zero-order chi connectivity index (χ0) is 28.7. The fraction of sp³-hybridized carbons (Fsp3) is 0.207. The highest BCUT2D eigenvalue weighted by Crippen LogP contribution is 2.27. The molecule has 0 aliphatic rings. The topological polar surface area (TPSA) is 147 Å². The van der Waals surface area contributed by atoms with Crippen molar-refractivity contribution in [3.63, 3.8) is 0 Å². The van der Waals surface area contributed by atoms with Gasteiger partial charge in [0.25, 0.3) is 0 Å². The second-order valence-electron chi connectivity index (χ2n) is 9.96. The molecule has 0 radical (unpaired) electrons. The molecule has 2 aromatic carbocycles. The molecule has 11 nitrogen and oxygen atoms in total. The molecule has 4 aromatic rings. The van der Waals surface area contributed by atoms with Gasteiger partial charge in [-0.05, 0) is 60.7 Å². The Hall–Kier alpha value is -5.19. The smallest absolute Gasteiger partial charge is 0.324 e. The van der Waals surface area contributed by atoms with Gasteiger partial charge in [-0.2, -0.15) is 5.10 Å². The average molecular weight is 543 g/mol. The molecule has 0 saturated heterocycles. The molecule has 0 aliphatic heterocycles. The van der Waals surface area contributed by atoms with E-state index in [1.807, 2.05) is 26.8 Å². The van der Waals surface area contributed by atoms with Crippen LogP contribution < -0.4 is 20.7 Å². The van der Waals surface area contributed by atoms with Gasteiger partial charge in [0, 0.05) is 35.5 Å². The SMILES string of the molecule is CC(C)(C)c1cc(NC(=O)Nc2ccc(Oc3cccnc3)cc2)n(-c2ccc(NC(=O)CCC(=O)O)cc2)n1. The Labute approximate surface area is 231 Å². The minimum Gasteiger partial charge on any atom is -0.481 e. The minimum atomic E-state index is -1.03. The summed E-state index contributed by atoms with van der Waals surface area (Å²) in [4.78, 5) is 39.6. The van der Waals surface area contributed by atoms with E-state index in [9.17, 15) is 14.4 Å². The maximum absolute atomic E-state index is 12.9. The number of carbonyl (C=O) groups excluding carboxylic acids is 2. The maximum Gasteiger partial charge on any atom is 0.324 e. The first kappa shape index (κ1) is 27.8. The van der Waals surface area contributed by atoms with E-state index in [1.54, 1.807) is 77.7 Å². The van der Waals surface area contributed by atoms with Crippen molar-refractivity contribution in [2.24, 2.45) is 0 Å². The van der Waals surface area contributed by atoms with Crippen LogP contribution >= 0.6 is 0 Å². The summed E-state index contributed by atoms with van der Waals surface area (Å²) < 4.78 is 7.35. The predicted molar refractivity (Wildman–Crippen MR) is 151 cm³/mol. The molecule has 0 aliphatic carbocycles. The molecule has 40 heavy (non-hydrogen) atoms. The second-order valence-corrected chi connectivity index (χ2v) is 9.96. The van der Waals surface area contributed by atoms with Gasteiger partial charge in [0.1, 0.15) is 17.3 Å². The molecular weight excluding hydrogens is 512 g/mol. The predicted octanol–water partition coefficient (Wildman–Crippen LogP) is 5.80. The van der Waals surface area contributed by atoms with E-state index in [4.69, 9.17) is 14.9 Å². The summed E-state index contributed by atoms with van der Waals surface area (Å²) in [5.41, 5.74) is 2.24. The largest absolute Gasteiger partial charge is 0.481 e. The molecule has 11 heteroatoms. The number of aromatic nitrogens is 3. The molecule has 0 bridgehead atoms. The number of hydrogen-bond acceptors (Lipinski definition) is 6. The van der Waals surface area contributed by atoms with Crippen LogP contribution in [0.4, 0.5) is 22.0 Å². The second kappa shape index (κ2) is 12.1. The van der Waals surface area contributed by atoms with Gasteiger partial charge in [-0.1, -0.05) is 20.8 Å². The van der Waals surface area contributed by atoms with E-state index in [1.165, 1.54) is 0 Å². The number of urea groups is 1. The number of rotatable bonds is 9. The molecule has 4 rings (SSSR count). The first-order valence-corrected chi connectivity index (χ1v) is 12.6. The number of aliphatic carboxylic acids is 1. The quantitative estimate of drug-likeness (QED) is 0.209. The Bertz CT molecular complexity index is 1480. The zero-order valence-electron chi connectivity index (χ0n) is 22.3. The molecule has 0 saturated carbocycles. The first-order chi connectivity index (χ1) is 19.1. The Morgan fingerprint density at radius 3 is 2.17 bits per heavy atom. The summed E-state index contributed by atoms with van der Waals surface area (Å²) in [6.45, 7) is 6.07. The van der Waals surface area contributed by atoms with Gasteiger partial charge in [-0.25, -0.2) is 9.48 Å². The summed E-state index contributed by atoms with van der Waals surface area (Å²) in [6, 6.07) is 18.7. The van der Waals surface area contributed by atoms with Crippen molar-refractivity contribution >= 4 is 35.1 Å². The third-order valence-electron chi connectivity index (χ3n) is 5.66. The van der Waals surface area contributed by atoms with Crippen molar-refractivity contribution in [3.05, 3.63) is 84.8 Å². The van der Waals surface area contributed by atoms with E-state index in [2.05, 4.69) is 20.9 Å². The van der Waals surface area contributed by atoms with Crippen molar-refractivity contribution in [2.75, 3.05) is 16.0 Å². The third kappa shape index (κ3) is 7.67. The van der Waals surface area contributed by atoms with Gasteiger partial charge < -0.3 is 20.5 Å². The number of ether oxygens (including phenoxy) is 1. The van der Waals surface area contributed by atoms with Crippen molar-refractivity contribution in [2.45, 2.75) is 39.0 Å². The normalized spacial score (nSPS) is 11.0. The lowest BCUT2D eigenvalue weighted by molar-refractivity contribution is -0.138. The number of pyridine rings is 1. The summed E-state index contributed by atoms with van der Waals surface area (Å²) >= 11 is 0. The molecule has 0 spiro atoms. The molecule has 2 aromatic heterocycles. The lowest BCUT2D eigenvalue weighted by Gasteiger charge is -2.14. The molecule has 0 atom stereocenters. The van der Waals surface area contributed by atoms with Crippen LogP contribution in [0.5, 0.6) is 11.5 Å². The van der Waals surface area contributed by atoms with Crippen molar-refractivity contribution in [1.29, 1.82) is 0 Å². The monoisotopic (exact) mass is 542 g/mol. The maximum atomic E-state index is 12.9. The first-order valence-electron chi connectivity index (χ1n) is 12.6. The number of nitrogens with one attached hydrogen (secondary N) is 3. The zero-order valence-corrected chi connectivity index (χ0v) is 22.3. The fourth-order valence-electron chi connectivity index (χ4n) is 3.59. The number of amides is 3. The van der Waals surface area contributed by atoms with E-state index >= 15 is 0 Å². The van der Waals surface area contributed by atoms with Crippen LogP contribution in [0.1, 0.15) is 39.3 Å². The lowest BCUT2D eigenvalue weighted by Crippen LogP contribution is -2.21. The number of benzene rings is 2. The lowest BCUT2D eigenvalue weighted by atomic mass is 9.92. The van der Waals surface area contributed by atoms with Gasteiger partial charge in [0.15, 0.2) is 0 Å². The molecule has 0 unspecified atom stereocenters. The Balaban J connectivity index is 1.45. The molecule has 3 amide bonds. The Kier molecular flexibility index (Phi) is 8.43. The molecule has 4 N–H and O–H groups in total. The highest BCUT2D eigenvalue weighted by Gasteiger charge is 2.21. The van der Waals surface area contributed by atoms with Crippen molar-refractivity contribution in [3.8, 4) is 17.2 Å². The van der Waals surface area contributed by atoms with E-state index in [0.717, 1.165) is 5.69 Å². The third-order valence-corrected chi connectivity index (χ3v) is 5.66. The van der Waals surface area contributed by atoms with E-state index in [-0.39, 0.29) is 24.2 Å². The number of carboxylic acid groups (broad SMARTS) is 1. The van der Waals surface area contributed by atoms with Gasteiger partial charge in [0.05, 0.1) is 24.0 Å². The highest BCUT2D eigenvalue weighted by atomic mass is 16.5. The van der Waals surface area contributed by atoms with Gasteiger partial charge in [-0.3, -0.25) is 19.9 Å². The van der Waals surface area contributed by atoms with Crippen LogP contribution in [0.15, 0.2) is 79.1 Å². The van der Waals surface area contributed by atoms with Gasteiger partial charge >= 0.3 is 12.0 Å². The number of nitrogens with zero attached hydrogens (tertiary/aromatic N) is 3. The fourth-order valence-corrected chi connectivity index (χ4v) is 3.59. The molecule has 0 fully saturated rings. The van der Waals surface area contributed by atoms with Crippen molar-refractivity contribution in [1.82, 2.24) is 14.8 Å². The molecular formula is C29H30N6O5. The number of carboxylic acids is 1. The molecule has 206 valence electrons. The summed E-state index contributed by atoms with van der Waals surface area (Å²) in [5.74, 6) is 0.248. The number of hydrogen-bond donors (Lipinski definition) is 4. The van der Waals surface area contributed by atoms with Crippen LogP contribution in [-0.2, 0) is 15.0 Å². The molecule has 2 heterocycles.